The van der Waals surface area contributed by atoms with E-state index in [-0.39, 0.29) is 24.2 Å². The first kappa shape index (κ1) is 19.6. The Labute approximate surface area is 162 Å². The van der Waals surface area contributed by atoms with Gasteiger partial charge in [0.1, 0.15) is 12.2 Å². The number of carbonyl (C=O) groups is 2. The van der Waals surface area contributed by atoms with Gasteiger partial charge in [0.25, 0.3) is 5.56 Å². The molecular formula is C20H24N4O4. The van der Waals surface area contributed by atoms with Gasteiger partial charge in [0.2, 0.25) is 5.91 Å². The molecule has 3 N–H and O–H groups in total. The third-order valence-corrected chi connectivity index (χ3v) is 4.52. The van der Waals surface area contributed by atoms with Crippen molar-refractivity contribution in [3.63, 3.8) is 0 Å². The van der Waals surface area contributed by atoms with Crippen molar-refractivity contribution in [2.24, 2.45) is 0 Å². The van der Waals surface area contributed by atoms with E-state index in [1.165, 1.54) is 10.6 Å². The summed E-state index contributed by atoms with van der Waals surface area (Å²) in [6.07, 6.45) is 1.96. The van der Waals surface area contributed by atoms with E-state index in [1.807, 2.05) is 6.07 Å². The lowest BCUT2D eigenvalue weighted by molar-refractivity contribution is -0.122. The van der Waals surface area contributed by atoms with E-state index in [4.69, 9.17) is 4.74 Å². The summed E-state index contributed by atoms with van der Waals surface area (Å²) in [6, 6.07) is 11.6. The van der Waals surface area contributed by atoms with E-state index in [0.717, 1.165) is 19.4 Å². The number of anilines is 2. The van der Waals surface area contributed by atoms with Crippen LogP contribution in [0.1, 0.15) is 18.5 Å². The van der Waals surface area contributed by atoms with Gasteiger partial charge in [0.15, 0.2) is 0 Å². The molecule has 0 radical (unpaired) electrons. The van der Waals surface area contributed by atoms with Gasteiger partial charge in [-0.25, -0.2) is 4.79 Å². The maximum Gasteiger partial charge on any atom is 0.323 e. The summed E-state index contributed by atoms with van der Waals surface area (Å²) >= 11 is 0. The molecule has 1 aromatic carbocycles. The Morgan fingerprint density at radius 2 is 1.93 bits per heavy atom. The number of pyridine rings is 1. The molecule has 0 saturated carbocycles. The van der Waals surface area contributed by atoms with Crippen LogP contribution < -0.4 is 21.5 Å². The number of benzene rings is 1. The van der Waals surface area contributed by atoms with E-state index in [2.05, 4.69) is 16.0 Å². The molecule has 1 atom stereocenters. The largest absolute Gasteiger partial charge is 0.376 e. The van der Waals surface area contributed by atoms with Crippen molar-refractivity contribution in [1.82, 2.24) is 9.88 Å². The van der Waals surface area contributed by atoms with Crippen LogP contribution in [0.25, 0.3) is 0 Å². The van der Waals surface area contributed by atoms with Crippen molar-refractivity contribution in [3.8, 4) is 0 Å². The van der Waals surface area contributed by atoms with Crippen molar-refractivity contribution in [2.45, 2.75) is 32.4 Å². The Kier molecular flexibility index (Phi) is 6.44. The van der Waals surface area contributed by atoms with Crippen molar-refractivity contribution in [3.05, 3.63) is 58.5 Å². The highest BCUT2D eigenvalue weighted by atomic mass is 16.5. The third kappa shape index (κ3) is 5.20. The van der Waals surface area contributed by atoms with Gasteiger partial charge in [-0.2, -0.15) is 0 Å². The molecule has 1 aliphatic rings. The number of rotatable bonds is 6. The summed E-state index contributed by atoms with van der Waals surface area (Å²) in [6.45, 7) is 2.78. The normalized spacial score (nSPS) is 15.8. The molecule has 1 aromatic heterocycles. The van der Waals surface area contributed by atoms with Crippen LogP contribution in [0.4, 0.5) is 16.2 Å². The first-order valence-electron chi connectivity index (χ1n) is 9.25. The molecule has 3 rings (SSSR count). The van der Waals surface area contributed by atoms with Gasteiger partial charge in [-0.1, -0.05) is 18.2 Å². The number of nitrogens with one attached hydrogen (secondary N) is 3. The van der Waals surface area contributed by atoms with Gasteiger partial charge in [-0.05, 0) is 44.0 Å². The summed E-state index contributed by atoms with van der Waals surface area (Å²) in [5.41, 5.74) is 0.911. The summed E-state index contributed by atoms with van der Waals surface area (Å²) < 4.78 is 6.81. The second kappa shape index (κ2) is 9.18. The van der Waals surface area contributed by atoms with Crippen LogP contribution in [0.3, 0.4) is 0 Å². The number of hydrogen-bond acceptors (Lipinski definition) is 4. The van der Waals surface area contributed by atoms with E-state index < -0.39 is 11.6 Å². The maximum absolute atomic E-state index is 12.7. The van der Waals surface area contributed by atoms with Crippen LogP contribution in [0, 0.1) is 6.92 Å². The van der Waals surface area contributed by atoms with E-state index >= 15 is 0 Å². The minimum Gasteiger partial charge on any atom is -0.376 e. The Morgan fingerprint density at radius 3 is 2.64 bits per heavy atom. The number of carbonyl (C=O) groups excluding carboxylic acids is 2. The zero-order chi connectivity index (χ0) is 19.9. The van der Waals surface area contributed by atoms with Gasteiger partial charge < -0.3 is 25.3 Å². The second-order valence-corrected chi connectivity index (χ2v) is 6.66. The number of urea groups is 1. The van der Waals surface area contributed by atoms with Crippen LogP contribution in [0.5, 0.6) is 0 Å². The minimum atomic E-state index is -0.526. The molecule has 1 saturated heterocycles. The highest BCUT2D eigenvalue weighted by Crippen LogP contribution is 2.11. The monoisotopic (exact) mass is 384 g/mol. The number of aryl methyl sites for hydroxylation is 1. The number of nitrogens with zero attached hydrogens (tertiary/aromatic N) is 1. The summed E-state index contributed by atoms with van der Waals surface area (Å²) in [4.78, 5) is 37.1. The van der Waals surface area contributed by atoms with Gasteiger partial charge in [-0.3, -0.25) is 9.59 Å². The predicted octanol–water partition coefficient (Wildman–Crippen LogP) is 2.10. The molecule has 0 bridgehead atoms. The van der Waals surface area contributed by atoms with Crippen LogP contribution in [0.15, 0.2) is 47.3 Å². The lowest BCUT2D eigenvalue weighted by Crippen LogP contribution is -2.38. The number of ether oxygens (including phenoxy) is 1. The van der Waals surface area contributed by atoms with Crippen LogP contribution in [0.2, 0.25) is 0 Å². The van der Waals surface area contributed by atoms with Gasteiger partial charge >= 0.3 is 6.03 Å². The molecule has 0 spiro atoms. The van der Waals surface area contributed by atoms with Crippen LogP contribution >= 0.6 is 0 Å². The first-order valence-corrected chi connectivity index (χ1v) is 9.25. The molecule has 3 amide bonds. The zero-order valence-corrected chi connectivity index (χ0v) is 15.7. The molecule has 2 aromatic rings. The van der Waals surface area contributed by atoms with E-state index in [1.54, 1.807) is 37.3 Å². The van der Waals surface area contributed by atoms with Gasteiger partial charge in [-0.15, -0.1) is 0 Å². The van der Waals surface area contributed by atoms with Crippen molar-refractivity contribution in [2.75, 3.05) is 23.8 Å². The molecule has 0 aliphatic carbocycles. The lowest BCUT2D eigenvalue weighted by Gasteiger charge is -2.14. The van der Waals surface area contributed by atoms with Gasteiger partial charge in [0.05, 0.1) is 6.10 Å². The summed E-state index contributed by atoms with van der Waals surface area (Å²) in [5, 5.41) is 7.99. The van der Waals surface area contributed by atoms with Crippen molar-refractivity contribution in [1.29, 1.82) is 0 Å². The molecule has 1 aliphatic heterocycles. The fraction of sp³-hybridized carbons (Fsp3) is 0.350. The van der Waals surface area contributed by atoms with E-state index in [9.17, 15) is 14.4 Å². The minimum absolute atomic E-state index is 0.0384. The molecule has 28 heavy (non-hydrogen) atoms. The molecule has 148 valence electrons. The summed E-state index contributed by atoms with van der Waals surface area (Å²) in [7, 11) is 0. The predicted molar refractivity (Wildman–Crippen MR) is 107 cm³/mol. The molecule has 8 nitrogen and oxygen atoms in total. The van der Waals surface area contributed by atoms with Crippen LogP contribution in [-0.4, -0.2) is 35.8 Å². The number of hydrogen-bond donors (Lipinski definition) is 3. The highest BCUT2D eigenvalue weighted by Gasteiger charge is 2.17. The maximum atomic E-state index is 12.7. The molecule has 1 unspecified atom stereocenters. The quantitative estimate of drug-likeness (QED) is 0.710. The van der Waals surface area contributed by atoms with E-state index in [0.29, 0.717) is 17.9 Å². The fourth-order valence-electron chi connectivity index (χ4n) is 3.00. The SMILES string of the molecule is Cc1ccc(NC(=O)Nc2ccccc2)c(=O)n1CC(=O)NCC1CCCO1. The Morgan fingerprint density at radius 1 is 1.14 bits per heavy atom. The molecule has 2 heterocycles. The highest BCUT2D eigenvalue weighted by molar-refractivity contribution is 5.99. The average Bonchev–Trinajstić information content (AvgIpc) is 3.20. The summed E-state index contributed by atoms with van der Waals surface area (Å²) in [5.74, 6) is -0.272. The topological polar surface area (TPSA) is 101 Å². The third-order valence-electron chi connectivity index (χ3n) is 4.52. The fourth-order valence-corrected chi connectivity index (χ4v) is 3.00. The number of aromatic nitrogens is 1. The van der Waals surface area contributed by atoms with Crippen molar-refractivity contribution < 1.29 is 14.3 Å². The first-order chi connectivity index (χ1) is 13.5. The number of para-hydroxylation sites is 1. The Bertz CT molecular complexity index is 889. The molecule has 1 fully saturated rings. The molecule has 8 heteroatoms. The Hall–Kier alpha value is -3.13. The number of amides is 3. The Balaban J connectivity index is 1.63. The van der Waals surface area contributed by atoms with Crippen LogP contribution in [-0.2, 0) is 16.1 Å². The average molecular weight is 384 g/mol. The molecular weight excluding hydrogens is 360 g/mol. The smallest absolute Gasteiger partial charge is 0.323 e. The standard InChI is InChI=1S/C20H24N4O4/c1-14-9-10-17(23-20(27)22-15-6-3-2-4-7-15)19(26)24(14)13-18(25)21-12-16-8-5-11-28-16/h2-4,6-7,9-10,16H,5,8,11-13H2,1H3,(H,21,25)(H2,22,23,27). The lowest BCUT2D eigenvalue weighted by atomic mass is 10.2. The second-order valence-electron chi connectivity index (χ2n) is 6.66. The van der Waals surface area contributed by atoms with Gasteiger partial charge in [0, 0.05) is 24.5 Å². The van der Waals surface area contributed by atoms with Crippen molar-refractivity contribution >= 4 is 23.3 Å². The zero-order valence-electron chi connectivity index (χ0n) is 15.7.